The molecule has 38 heavy (non-hydrogen) atoms. The number of ether oxygens (including phenoxy) is 2. The van der Waals surface area contributed by atoms with Gasteiger partial charge in [0, 0.05) is 25.0 Å². The Hall–Kier alpha value is -4.01. The van der Waals surface area contributed by atoms with Gasteiger partial charge in [-0.25, -0.2) is 19.8 Å². The van der Waals surface area contributed by atoms with E-state index in [-0.39, 0.29) is 0 Å². The van der Waals surface area contributed by atoms with Gasteiger partial charge in [-0.2, -0.15) is 0 Å². The fourth-order valence-electron chi connectivity index (χ4n) is 4.48. The number of rotatable bonds is 6. The highest BCUT2D eigenvalue weighted by atomic mass is 16.6. The number of carbonyl (C=O) groups excluding carboxylic acids is 1. The first-order valence-corrected chi connectivity index (χ1v) is 12.9. The molecule has 4 aromatic rings. The van der Waals surface area contributed by atoms with Crippen LogP contribution in [0.4, 0.5) is 16.3 Å². The number of hydrogen-bond donors (Lipinski definition) is 1. The van der Waals surface area contributed by atoms with Crippen LogP contribution in [0.2, 0.25) is 0 Å². The molecule has 1 N–H and O–H groups in total. The predicted molar refractivity (Wildman–Crippen MR) is 149 cm³/mol. The van der Waals surface area contributed by atoms with Gasteiger partial charge in [-0.05, 0) is 67.8 Å². The van der Waals surface area contributed by atoms with E-state index >= 15 is 0 Å². The first-order valence-electron chi connectivity index (χ1n) is 12.9. The SMILES string of the molecule is CC(C)(C)OC(=O)NCc1cccc(-c2ccc3ncnc(N(c4ccccc4)N4CCOCC4)c3c2)c1. The molecule has 1 aromatic heterocycles. The van der Waals surface area contributed by atoms with Crippen molar-refractivity contribution in [1.29, 1.82) is 0 Å². The van der Waals surface area contributed by atoms with Crippen LogP contribution >= 0.6 is 0 Å². The van der Waals surface area contributed by atoms with Crippen LogP contribution in [-0.4, -0.2) is 53.0 Å². The average molecular weight is 512 g/mol. The van der Waals surface area contributed by atoms with E-state index in [1.165, 1.54) is 0 Å². The van der Waals surface area contributed by atoms with E-state index in [0.717, 1.165) is 52.2 Å². The molecule has 8 heteroatoms. The molecule has 3 aromatic carbocycles. The molecule has 0 atom stereocenters. The van der Waals surface area contributed by atoms with Gasteiger partial charge in [-0.15, -0.1) is 0 Å². The fourth-order valence-corrected chi connectivity index (χ4v) is 4.48. The summed E-state index contributed by atoms with van der Waals surface area (Å²) >= 11 is 0. The fraction of sp³-hybridized carbons (Fsp3) is 0.300. The molecule has 0 bridgehead atoms. The maximum atomic E-state index is 12.1. The number of nitrogens with zero attached hydrogens (tertiary/aromatic N) is 4. The Morgan fingerprint density at radius 3 is 2.50 bits per heavy atom. The Morgan fingerprint density at radius 2 is 1.74 bits per heavy atom. The number of hydrazine groups is 1. The lowest BCUT2D eigenvalue weighted by Crippen LogP contribution is -2.47. The lowest BCUT2D eigenvalue weighted by molar-refractivity contribution is 0.0376. The van der Waals surface area contributed by atoms with Crippen molar-refractivity contribution in [1.82, 2.24) is 20.3 Å². The number of morpholine rings is 1. The summed E-state index contributed by atoms with van der Waals surface area (Å²) < 4.78 is 11.0. The molecule has 5 rings (SSSR count). The summed E-state index contributed by atoms with van der Waals surface area (Å²) in [5, 5.41) is 8.25. The van der Waals surface area contributed by atoms with E-state index in [1.807, 2.05) is 57.2 Å². The van der Waals surface area contributed by atoms with E-state index in [0.29, 0.717) is 19.8 Å². The van der Waals surface area contributed by atoms with E-state index in [9.17, 15) is 4.79 Å². The molecular formula is C30H33N5O3. The topological polar surface area (TPSA) is 79.8 Å². The van der Waals surface area contributed by atoms with Gasteiger partial charge in [0.2, 0.25) is 0 Å². The zero-order valence-electron chi connectivity index (χ0n) is 22.1. The number of para-hydroxylation sites is 1. The van der Waals surface area contributed by atoms with Crippen molar-refractivity contribution in [3.8, 4) is 11.1 Å². The van der Waals surface area contributed by atoms with E-state index in [4.69, 9.17) is 14.5 Å². The van der Waals surface area contributed by atoms with Gasteiger partial charge in [-0.1, -0.05) is 42.5 Å². The van der Waals surface area contributed by atoms with E-state index < -0.39 is 11.7 Å². The largest absolute Gasteiger partial charge is 0.444 e. The van der Waals surface area contributed by atoms with Crippen LogP contribution in [0.1, 0.15) is 26.3 Å². The normalized spacial score (nSPS) is 14.3. The monoisotopic (exact) mass is 511 g/mol. The third-order valence-electron chi connectivity index (χ3n) is 6.18. The van der Waals surface area contributed by atoms with Crippen LogP contribution in [0.3, 0.4) is 0 Å². The summed E-state index contributed by atoms with van der Waals surface area (Å²) in [6.45, 7) is 8.81. The molecule has 0 aliphatic carbocycles. The second kappa shape index (κ2) is 11.2. The molecule has 2 heterocycles. The zero-order valence-corrected chi connectivity index (χ0v) is 22.1. The number of benzene rings is 3. The highest BCUT2D eigenvalue weighted by molar-refractivity contribution is 5.94. The molecule has 1 saturated heterocycles. The second-order valence-electron chi connectivity index (χ2n) is 10.2. The Kier molecular flexibility index (Phi) is 7.53. The summed E-state index contributed by atoms with van der Waals surface area (Å²) in [5.41, 5.74) is 4.44. The molecule has 0 unspecified atom stereocenters. The summed E-state index contributed by atoms with van der Waals surface area (Å²) in [4.78, 5) is 21.4. The van der Waals surface area contributed by atoms with E-state index in [2.05, 4.69) is 56.7 Å². The highest BCUT2D eigenvalue weighted by Gasteiger charge is 2.24. The van der Waals surface area contributed by atoms with Crippen LogP contribution in [0.5, 0.6) is 0 Å². The number of carbonyl (C=O) groups is 1. The van der Waals surface area contributed by atoms with Gasteiger partial charge in [0.05, 0.1) is 24.4 Å². The van der Waals surface area contributed by atoms with Crippen molar-refractivity contribution < 1.29 is 14.3 Å². The van der Waals surface area contributed by atoms with Crippen molar-refractivity contribution in [3.05, 3.63) is 84.7 Å². The third-order valence-corrected chi connectivity index (χ3v) is 6.18. The summed E-state index contributed by atoms with van der Waals surface area (Å²) in [5.74, 6) is 0.827. The quantitative estimate of drug-likeness (QED) is 0.355. The number of amides is 1. The minimum Gasteiger partial charge on any atom is -0.444 e. The van der Waals surface area contributed by atoms with Crippen molar-refractivity contribution in [3.63, 3.8) is 0 Å². The van der Waals surface area contributed by atoms with Crippen LogP contribution in [0.15, 0.2) is 79.1 Å². The van der Waals surface area contributed by atoms with Crippen LogP contribution in [0.25, 0.3) is 22.0 Å². The second-order valence-corrected chi connectivity index (χ2v) is 10.2. The first kappa shape index (κ1) is 25.6. The lowest BCUT2D eigenvalue weighted by atomic mass is 10.0. The number of alkyl carbamates (subject to hydrolysis) is 1. The standard InChI is InChI=1S/C30H33N5O3/c1-30(2,3)38-29(36)31-20-22-8-7-9-23(18-22)24-12-13-27-26(19-24)28(33-21-32-27)35(25-10-5-4-6-11-25)34-14-16-37-17-15-34/h4-13,18-19,21H,14-17,20H2,1-3H3,(H,31,36). The molecule has 0 radical (unpaired) electrons. The van der Waals surface area contributed by atoms with Gasteiger partial charge in [0.1, 0.15) is 11.9 Å². The maximum Gasteiger partial charge on any atom is 0.407 e. The Labute approximate surface area is 223 Å². The van der Waals surface area contributed by atoms with Crippen molar-refractivity contribution in [2.45, 2.75) is 32.9 Å². The average Bonchev–Trinajstić information content (AvgIpc) is 2.92. The Morgan fingerprint density at radius 1 is 0.974 bits per heavy atom. The van der Waals surface area contributed by atoms with Crippen molar-refractivity contribution in [2.24, 2.45) is 0 Å². The zero-order chi connectivity index (χ0) is 26.5. The summed E-state index contributed by atoms with van der Waals surface area (Å²) in [6, 6.07) is 24.7. The van der Waals surface area contributed by atoms with Crippen molar-refractivity contribution in [2.75, 3.05) is 31.3 Å². The number of fused-ring (bicyclic) bond motifs is 1. The van der Waals surface area contributed by atoms with Gasteiger partial charge in [0.25, 0.3) is 0 Å². The minimum absolute atomic E-state index is 0.378. The molecular weight excluding hydrogens is 478 g/mol. The number of hydrogen-bond acceptors (Lipinski definition) is 7. The molecule has 8 nitrogen and oxygen atoms in total. The Bertz CT molecular complexity index is 1400. The van der Waals surface area contributed by atoms with Gasteiger partial charge in [0.15, 0.2) is 5.82 Å². The van der Waals surface area contributed by atoms with Gasteiger partial charge >= 0.3 is 6.09 Å². The van der Waals surface area contributed by atoms with Gasteiger partial charge in [-0.3, -0.25) is 5.01 Å². The third kappa shape index (κ3) is 6.10. The molecule has 1 fully saturated rings. The minimum atomic E-state index is -0.536. The molecule has 0 saturated carbocycles. The Balaban J connectivity index is 1.48. The smallest absolute Gasteiger partial charge is 0.407 e. The number of anilines is 2. The van der Waals surface area contributed by atoms with Gasteiger partial charge < -0.3 is 14.8 Å². The van der Waals surface area contributed by atoms with Crippen LogP contribution in [-0.2, 0) is 16.0 Å². The molecule has 1 aliphatic rings. The summed E-state index contributed by atoms with van der Waals surface area (Å²) in [6.07, 6.45) is 1.19. The number of nitrogens with one attached hydrogen (secondary N) is 1. The lowest BCUT2D eigenvalue weighted by Gasteiger charge is -2.38. The van der Waals surface area contributed by atoms with Crippen LogP contribution < -0.4 is 10.3 Å². The van der Waals surface area contributed by atoms with Crippen LogP contribution in [0, 0.1) is 0 Å². The maximum absolute atomic E-state index is 12.1. The van der Waals surface area contributed by atoms with E-state index in [1.54, 1.807) is 6.33 Å². The van der Waals surface area contributed by atoms with Crippen molar-refractivity contribution >= 4 is 28.5 Å². The molecule has 0 spiro atoms. The molecule has 196 valence electrons. The predicted octanol–water partition coefficient (Wildman–Crippen LogP) is 5.71. The highest BCUT2D eigenvalue weighted by Crippen LogP contribution is 2.34. The summed E-state index contributed by atoms with van der Waals surface area (Å²) in [7, 11) is 0. The first-order chi connectivity index (χ1) is 18.4. The molecule has 1 aliphatic heterocycles. The number of aromatic nitrogens is 2. The molecule has 1 amide bonds.